The molecular weight excluding hydrogens is 282 g/mol. The first-order chi connectivity index (χ1) is 9.97. The lowest BCUT2D eigenvalue weighted by Gasteiger charge is -2.23. The molecule has 0 radical (unpaired) electrons. The van der Waals surface area contributed by atoms with Crippen molar-refractivity contribution in [2.24, 2.45) is 0 Å². The van der Waals surface area contributed by atoms with Crippen LogP contribution in [0.1, 0.15) is 28.4 Å². The summed E-state index contributed by atoms with van der Waals surface area (Å²) >= 11 is 5.95. The summed E-state index contributed by atoms with van der Waals surface area (Å²) in [4.78, 5) is 14.5. The van der Waals surface area contributed by atoms with Gasteiger partial charge in [0.1, 0.15) is 0 Å². The Kier molecular flexibility index (Phi) is 5.16. The minimum absolute atomic E-state index is 0.0899. The van der Waals surface area contributed by atoms with Crippen LogP contribution < -0.4 is 0 Å². The lowest BCUT2D eigenvalue weighted by Crippen LogP contribution is -2.35. The first-order valence-electron chi connectivity index (χ1n) is 7.03. The Labute approximate surface area is 131 Å². The van der Waals surface area contributed by atoms with Gasteiger partial charge in [0.25, 0.3) is 0 Å². The fraction of sp³-hybridized carbons (Fsp3) is 0.278. The van der Waals surface area contributed by atoms with E-state index < -0.39 is 0 Å². The molecule has 2 rings (SSSR count). The Hall–Kier alpha value is -1.64. The second-order valence-electron chi connectivity index (χ2n) is 5.45. The highest BCUT2D eigenvalue weighted by atomic mass is 35.5. The van der Waals surface area contributed by atoms with E-state index >= 15 is 0 Å². The average Bonchev–Trinajstić information content (AvgIpc) is 2.48. The Morgan fingerprint density at radius 1 is 1.19 bits per heavy atom. The van der Waals surface area contributed by atoms with Gasteiger partial charge in [0.15, 0.2) is 5.78 Å². The van der Waals surface area contributed by atoms with Gasteiger partial charge in [-0.05, 0) is 38.6 Å². The first kappa shape index (κ1) is 15.7. The van der Waals surface area contributed by atoms with Crippen molar-refractivity contribution in [1.82, 2.24) is 4.90 Å². The van der Waals surface area contributed by atoms with Gasteiger partial charge < -0.3 is 0 Å². The minimum Gasteiger partial charge on any atom is -0.292 e. The third kappa shape index (κ3) is 4.16. The van der Waals surface area contributed by atoms with Crippen molar-refractivity contribution in [3.05, 3.63) is 70.2 Å². The van der Waals surface area contributed by atoms with E-state index in [0.29, 0.717) is 10.6 Å². The molecule has 0 fully saturated rings. The lowest BCUT2D eigenvalue weighted by molar-refractivity contribution is 0.0862. The van der Waals surface area contributed by atoms with Gasteiger partial charge in [0, 0.05) is 17.1 Å². The van der Waals surface area contributed by atoms with Crippen molar-refractivity contribution < 1.29 is 4.79 Å². The fourth-order valence-corrected chi connectivity index (χ4v) is 2.39. The molecule has 0 amide bonds. The van der Waals surface area contributed by atoms with Gasteiger partial charge in [0.05, 0.1) is 6.04 Å². The molecule has 3 heteroatoms. The van der Waals surface area contributed by atoms with E-state index in [1.54, 1.807) is 12.1 Å². The summed E-state index contributed by atoms with van der Waals surface area (Å²) in [5, 5.41) is 0.592. The van der Waals surface area contributed by atoms with Crippen molar-refractivity contribution in [3.63, 3.8) is 0 Å². The van der Waals surface area contributed by atoms with Crippen LogP contribution in [-0.4, -0.2) is 23.8 Å². The molecule has 2 aromatic rings. The second-order valence-corrected chi connectivity index (χ2v) is 5.89. The molecule has 0 bridgehead atoms. The van der Waals surface area contributed by atoms with Gasteiger partial charge in [-0.1, -0.05) is 53.6 Å². The Morgan fingerprint density at radius 2 is 1.86 bits per heavy atom. The number of aryl methyl sites for hydroxylation is 1. The highest BCUT2D eigenvalue weighted by Gasteiger charge is 2.19. The van der Waals surface area contributed by atoms with Gasteiger partial charge >= 0.3 is 0 Å². The Morgan fingerprint density at radius 3 is 2.48 bits per heavy atom. The van der Waals surface area contributed by atoms with Gasteiger partial charge in [-0.2, -0.15) is 0 Å². The van der Waals surface area contributed by atoms with Crippen molar-refractivity contribution in [2.75, 3.05) is 7.05 Å². The topological polar surface area (TPSA) is 20.3 Å². The Balaban J connectivity index is 2.06. The number of carbonyl (C=O) groups is 1. The summed E-state index contributed by atoms with van der Waals surface area (Å²) in [7, 11) is 1.97. The van der Waals surface area contributed by atoms with E-state index in [4.69, 9.17) is 11.6 Å². The quantitative estimate of drug-likeness (QED) is 0.765. The van der Waals surface area contributed by atoms with Crippen LogP contribution in [0.4, 0.5) is 0 Å². The standard InChI is InChI=1S/C18H20ClNO/c1-13-7-9-15(10-8-13)12-20(3)14(2)18(21)16-5-4-6-17(19)11-16/h4-11,14H,12H2,1-3H3. The SMILES string of the molecule is Cc1ccc(CN(C)C(C)C(=O)c2cccc(Cl)c2)cc1. The maximum atomic E-state index is 12.5. The van der Waals surface area contributed by atoms with Gasteiger partial charge in [0.2, 0.25) is 0 Å². The van der Waals surface area contributed by atoms with Crippen LogP contribution in [0.25, 0.3) is 0 Å². The van der Waals surface area contributed by atoms with Crippen molar-refractivity contribution in [2.45, 2.75) is 26.4 Å². The predicted molar refractivity (Wildman–Crippen MR) is 87.9 cm³/mol. The third-order valence-electron chi connectivity index (χ3n) is 3.70. The molecule has 0 aliphatic rings. The molecule has 0 heterocycles. The number of hydrogen-bond acceptors (Lipinski definition) is 2. The normalized spacial score (nSPS) is 12.4. The average molecular weight is 302 g/mol. The van der Waals surface area contributed by atoms with E-state index in [9.17, 15) is 4.79 Å². The maximum Gasteiger partial charge on any atom is 0.179 e. The monoisotopic (exact) mass is 301 g/mol. The molecule has 0 aliphatic heterocycles. The smallest absolute Gasteiger partial charge is 0.179 e. The number of ketones is 1. The zero-order chi connectivity index (χ0) is 15.4. The van der Waals surface area contributed by atoms with E-state index in [1.165, 1.54) is 11.1 Å². The molecule has 2 aromatic carbocycles. The molecule has 0 aliphatic carbocycles. The number of rotatable bonds is 5. The van der Waals surface area contributed by atoms with Gasteiger partial charge in [-0.3, -0.25) is 9.69 Å². The lowest BCUT2D eigenvalue weighted by atomic mass is 10.0. The number of hydrogen-bond donors (Lipinski definition) is 0. The molecule has 0 saturated heterocycles. The van der Waals surface area contributed by atoms with Crippen LogP contribution in [0, 0.1) is 6.92 Å². The van der Waals surface area contributed by atoms with Crippen molar-refractivity contribution >= 4 is 17.4 Å². The molecule has 0 N–H and O–H groups in total. The molecule has 1 atom stereocenters. The number of carbonyl (C=O) groups excluding carboxylic acids is 1. The number of nitrogens with zero attached hydrogens (tertiary/aromatic N) is 1. The summed E-state index contributed by atoms with van der Waals surface area (Å²) in [5.74, 6) is 0.0899. The molecule has 110 valence electrons. The van der Waals surface area contributed by atoms with E-state index in [1.807, 2.05) is 31.0 Å². The summed E-state index contributed by atoms with van der Waals surface area (Å²) in [6.45, 7) is 4.74. The van der Waals surface area contributed by atoms with Gasteiger partial charge in [-0.15, -0.1) is 0 Å². The predicted octanol–water partition coefficient (Wildman–Crippen LogP) is 4.35. The number of halogens is 1. The fourth-order valence-electron chi connectivity index (χ4n) is 2.20. The molecule has 1 unspecified atom stereocenters. The van der Waals surface area contributed by atoms with Crippen LogP contribution in [0.3, 0.4) is 0 Å². The van der Waals surface area contributed by atoms with Crippen LogP contribution >= 0.6 is 11.6 Å². The molecular formula is C18H20ClNO. The zero-order valence-corrected chi connectivity index (χ0v) is 13.4. The van der Waals surface area contributed by atoms with Crippen molar-refractivity contribution in [1.29, 1.82) is 0 Å². The molecule has 0 saturated carbocycles. The van der Waals surface area contributed by atoms with Gasteiger partial charge in [-0.25, -0.2) is 0 Å². The highest BCUT2D eigenvalue weighted by molar-refractivity contribution is 6.31. The third-order valence-corrected chi connectivity index (χ3v) is 3.94. The van der Waals surface area contributed by atoms with Crippen molar-refractivity contribution in [3.8, 4) is 0 Å². The number of benzene rings is 2. The summed E-state index contributed by atoms with van der Waals surface area (Å²) in [5.41, 5.74) is 3.10. The van der Waals surface area contributed by atoms with E-state index in [0.717, 1.165) is 6.54 Å². The highest BCUT2D eigenvalue weighted by Crippen LogP contribution is 2.15. The van der Waals surface area contributed by atoms with Crippen LogP contribution in [0.5, 0.6) is 0 Å². The van der Waals surface area contributed by atoms with Crippen LogP contribution in [0.15, 0.2) is 48.5 Å². The minimum atomic E-state index is -0.190. The molecule has 2 nitrogen and oxygen atoms in total. The Bertz CT molecular complexity index is 621. The first-order valence-corrected chi connectivity index (χ1v) is 7.41. The summed E-state index contributed by atoms with van der Waals surface area (Å²) in [6, 6.07) is 15.3. The summed E-state index contributed by atoms with van der Waals surface area (Å²) in [6.07, 6.45) is 0. The van der Waals surface area contributed by atoms with E-state index in [-0.39, 0.29) is 11.8 Å². The number of Topliss-reactive ketones (excluding diaryl/α,β-unsaturated/α-hetero) is 1. The van der Waals surface area contributed by atoms with E-state index in [2.05, 4.69) is 31.2 Å². The summed E-state index contributed by atoms with van der Waals surface area (Å²) < 4.78 is 0. The molecule has 0 aromatic heterocycles. The second kappa shape index (κ2) is 6.88. The molecule has 21 heavy (non-hydrogen) atoms. The maximum absolute atomic E-state index is 12.5. The van der Waals surface area contributed by atoms with Crippen LogP contribution in [0.2, 0.25) is 5.02 Å². The molecule has 0 spiro atoms. The zero-order valence-electron chi connectivity index (χ0n) is 12.6. The number of likely N-dealkylation sites (N-methyl/N-ethyl adjacent to an activating group) is 1. The largest absolute Gasteiger partial charge is 0.292 e. The van der Waals surface area contributed by atoms with Crippen LogP contribution in [-0.2, 0) is 6.54 Å².